The number of hydrogen-bond donors (Lipinski definition) is 0. The third-order valence-electron chi connectivity index (χ3n) is 2.27. The fourth-order valence-electron chi connectivity index (χ4n) is 1.22. The Hall–Kier alpha value is 0.735. The molecule has 0 rings (SSSR count). The van der Waals surface area contributed by atoms with E-state index in [1.54, 1.807) is 6.92 Å². The minimum Gasteiger partial charge on any atom is -0.321 e. The second kappa shape index (κ2) is 12.7. The maximum Gasteiger partial charge on any atom is 0.364 e. The number of carbonyl (C=O) groups is 1. The SMILES string of the molecule is C[CH2][AlH][CH2]C.C[CH2][Al]([CH2]C)[C](C)=O. The molecule has 0 aromatic heterocycles. The van der Waals surface area contributed by atoms with Crippen LogP contribution < -0.4 is 0 Å². The monoisotopic (exact) mass is 214 g/mol. The molecular formula is C10H24Al2O. The van der Waals surface area contributed by atoms with Gasteiger partial charge in [0.25, 0.3) is 0 Å². The molecule has 0 aliphatic carbocycles. The van der Waals surface area contributed by atoms with Gasteiger partial charge in [-0.1, -0.05) is 38.3 Å². The van der Waals surface area contributed by atoms with Crippen molar-refractivity contribution in [2.24, 2.45) is 0 Å². The molecular weight excluding hydrogens is 190 g/mol. The lowest BCUT2D eigenvalue weighted by Gasteiger charge is -1.96. The van der Waals surface area contributed by atoms with Gasteiger partial charge in [-0.05, 0) is 6.92 Å². The van der Waals surface area contributed by atoms with Crippen molar-refractivity contribution in [3.63, 3.8) is 0 Å². The Morgan fingerprint density at radius 1 is 1.08 bits per heavy atom. The van der Waals surface area contributed by atoms with Crippen LogP contribution in [0.2, 0.25) is 21.1 Å². The predicted molar refractivity (Wildman–Crippen MR) is 65.5 cm³/mol. The first-order valence-corrected chi connectivity index (χ1v) is 9.85. The highest BCUT2D eigenvalue weighted by Crippen LogP contribution is 1.97. The molecule has 0 spiro atoms. The molecule has 0 aromatic rings. The Bertz CT molecular complexity index is 109. The number of carbonyl (C=O) groups excluding carboxylic acids is 1. The van der Waals surface area contributed by atoms with Crippen molar-refractivity contribution in [3.8, 4) is 0 Å². The Balaban J connectivity index is 0. The first-order chi connectivity index (χ1) is 6.13. The molecule has 0 fully saturated rings. The van der Waals surface area contributed by atoms with E-state index in [4.69, 9.17) is 0 Å². The standard InChI is InChI=1S/C2H3O.4C2H5.2Al.H/c1-2-3;4*1-2;;;/h1H3;4*1H2,2H3;;;. The Kier molecular flexibility index (Phi) is 15.8. The van der Waals surface area contributed by atoms with Gasteiger partial charge in [0.2, 0.25) is 15.2 Å². The molecule has 0 aromatic carbocycles. The smallest absolute Gasteiger partial charge is 0.321 e. The summed E-state index contributed by atoms with van der Waals surface area (Å²) in [5, 5.41) is 5.23. The van der Waals surface area contributed by atoms with E-state index in [9.17, 15) is 4.79 Å². The molecule has 0 saturated heterocycles. The van der Waals surface area contributed by atoms with Gasteiger partial charge in [0.05, 0.1) is 0 Å². The molecule has 0 unspecified atom stereocenters. The van der Waals surface area contributed by atoms with Crippen molar-refractivity contribution < 1.29 is 4.79 Å². The summed E-state index contributed by atoms with van der Waals surface area (Å²) in [6.07, 6.45) is 0. The van der Waals surface area contributed by atoms with Crippen LogP contribution in [0.3, 0.4) is 0 Å². The maximum atomic E-state index is 10.7. The zero-order chi connectivity index (χ0) is 10.7. The van der Waals surface area contributed by atoms with Gasteiger partial charge in [0, 0.05) is 4.65 Å². The van der Waals surface area contributed by atoms with Gasteiger partial charge in [-0.15, -0.1) is 10.6 Å². The average molecular weight is 214 g/mol. The maximum absolute atomic E-state index is 10.7. The van der Waals surface area contributed by atoms with Crippen LogP contribution in [0.15, 0.2) is 0 Å². The van der Waals surface area contributed by atoms with E-state index in [0.29, 0.717) is 19.9 Å². The summed E-state index contributed by atoms with van der Waals surface area (Å²) in [7, 11) is 0. The number of rotatable bonds is 5. The molecule has 0 amide bonds. The molecule has 1 nitrogen and oxygen atoms in total. The van der Waals surface area contributed by atoms with Gasteiger partial charge in [-0.25, -0.2) is 0 Å². The lowest BCUT2D eigenvalue weighted by atomic mass is 10.9. The van der Waals surface area contributed by atoms with Crippen LogP contribution in [0, 0.1) is 0 Å². The molecule has 0 N–H and O–H groups in total. The van der Waals surface area contributed by atoms with Crippen LogP contribution >= 0.6 is 0 Å². The molecule has 0 heterocycles. The highest BCUT2D eigenvalue weighted by molar-refractivity contribution is 6.89. The van der Waals surface area contributed by atoms with E-state index in [2.05, 4.69) is 27.7 Å². The van der Waals surface area contributed by atoms with Crippen molar-refractivity contribution in [2.75, 3.05) is 0 Å². The highest BCUT2D eigenvalue weighted by atomic mass is 27.2. The Labute approximate surface area is 94.4 Å². The second-order valence-corrected chi connectivity index (χ2v) is 10.0. The van der Waals surface area contributed by atoms with E-state index < -0.39 is 14.1 Å². The van der Waals surface area contributed by atoms with Gasteiger partial charge in [0.15, 0.2) is 0 Å². The summed E-state index contributed by atoms with van der Waals surface area (Å²) in [5.74, 6) is 0. The molecule has 0 saturated carbocycles. The average Bonchev–Trinajstić information content (AvgIpc) is 2.08. The van der Waals surface area contributed by atoms with Crippen LogP contribution in [0.5, 0.6) is 0 Å². The molecule has 0 atom stereocenters. The van der Waals surface area contributed by atoms with Crippen molar-refractivity contribution in [3.05, 3.63) is 0 Å². The van der Waals surface area contributed by atoms with Gasteiger partial charge in [0.1, 0.15) is 0 Å². The molecule has 3 heteroatoms. The first kappa shape index (κ1) is 16.2. The van der Waals surface area contributed by atoms with Crippen molar-refractivity contribution in [1.29, 1.82) is 0 Å². The molecule has 0 aliphatic heterocycles. The van der Waals surface area contributed by atoms with Crippen LogP contribution in [-0.4, -0.2) is 34.0 Å². The normalized spacial score (nSPS) is 8.38. The molecule has 76 valence electrons. The predicted octanol–water partition coefficient (Wildman–Crippen LogP) is 2.95. The summed E-state index contributed by atoms with van der Waals surface area (Å²) in [4.78, 5) is 10.7. The van der Waals surface area contributed by atoms with Gasteiger partial charge in [-0.2, -0.15) is 0 Å². The molecule has 13 heavy (non-hydrogen) atoms. The molecule has 0 aliphatic rings. The van der Waals surface area contributed by atoms with Crippen LogP contribution in [-0.2, 0) is 4.79 Å². The zero-order valence-electron chi connectivity index (χ0n) is 10.0. The summed E-state index contributed by atoms with van der Waals surface area (Å²) in [5.41, 5.74) is 0. The lowest BCUT2D eigenvalue weighted by Crippen LogP contribution is -2.19. The van der Waals surface area contributed by atoms with Crippen LogP contribution in [0.25, 0.3) is 0 Å². The van der Waals surface area contributed by atoms with Gasteiger partial charge >= 0.3 is 14.1 Å². The third-order valence-corrected chi connectivity index (χ3v) is 6.80. The van der Waals surface area contributed by atoms with E-state index in [0.717, 1.165) is 10.6 Å². The second-order valence-electron chi connectivity index (χ2n) is 3.48. The minimum atomic E-state index is -0.904. The Morgan fingerprint density at radius 2 is 1.46 bits per heavy atom. The summed E-state index contributed by atoms with van der Waals surface area (Å²) in [6.45, 7) is 10.5. The van der Waals surface area contributed by atoms with E-state index in [1.807, 2.05) is 0 Å². The Morgan fingerprint density at radius 3 is 1.46 bits per heavy atom. The van der Waals surface area contributed by atoms with E-state index >= 15 is 0 Å². The van der Waals surface area contributed by atoms with Crippen LogP contribution in [0.4, 0.5) is 0 Å². The summed E-state index contributed by atoms with van der Waals surface area (Å²) >= 11 is -0.472. The zero-order valence-corrected chi connectivity index (χ0v) is 12.6. The van der Waals surface area contributed by atoms with Crippen molar-refractivity contribution in [2.45, 2.75) is 55.7 Å². The van der Waals surface area contributed by atoms with Crippen molar-refractivity contribution >= 4 is 34.0 Å². The summed E-state index contributed by atoms with van der Waals surface area (Å²) in [6, 6.07) is 0. The number of hydrogen-bond acceptors (Lipinski definition) is 1. The van der Waals surface area contributed by atoms with Crippen molar-refractivity contribution in [1.82, 2.24) is 0 Å². The van der Waals surface area contributed by atoms with E-state index in [-0.39, 0.29) is 0 Å². The van der Waals surface area contributed by atoms with Gasteiger partial charge < -0.3 is 4.79 Å². The fraction of sp³-hybridized carbons (Fsp3) is 0.900. The fourth-order valence-corrected chi connectivity index (χ4v) is 3.65. The highest BCUT2D eigenvalue weighted by Gasteiger charge is 2.16. The quantitative estimate of drug-likeness (QED) is 0.643. The van der Waals surface area contributed by atoms with E-state index in [1.165, 1.54) is 10.6 Å². The summed E-state index contributed by atoms with van der Waals surface area (Å²) < 4.78 is 0.468. The topological polar surface area (TPSA) is 17.1 Å². The third kappa shape index (κ3) is 12.7. The minimum absolute atomic E-state index is 0.432. The molecule has 0 bridgehead atoms. The largest absolute Gasteiger partial charge is 0.364 e. The van der Waals surface area contributed by atoms with Crippen LogP contribution in [0.1, 0.15) is 34.6 Å². The van der Waals surface area contributed by atoms with Gasteiger partial charge in [-0.3, -0.25) is 0 Å². The first-order valence-electron chi connectivity index (χ1n) is 5.64. The molecule has 0 radical (unpaired) electrons. The lowest BCUT2D eigenvalue weighted by molar-refractivity contribution is -0.110.